The van der Waals surface area contributed by atoms with Crippen LogP contribution in [-0.2, 0) is 14.9 Å². The molecule has 6 nitrogen and oxygen atoms in total. The number of carbonyl (C=O) groups excluding carboxylic acids is 2. The fourth-order valence-corrected chi connectivity index (χ4v) is 3.82. The van der Waals surface area contributed by atoms with E-state index in [1.807, 2.05) is 58.6 Å². The molecule has 1 N–H and O–H groups in total. The highest BCUT2D eigenvalue weighted by atomic mass is 16.6. The van der Waals surface area contributed by atoms with Crippen molar-refractivity contribution in [2.45, 2.75) is 71.6 Å². The topological polar surface area (TPSA) is 61.9 Å². The molecule has 27 heavy (non-hydrogen) atoms. The van der Waals surface area contributed by atoms with Crippen LogP contribution in [0.4, 0.5) is 16.2 Å². The number of hydrogen-bond donors (Lipinski definition) is 1. The standard InChI is InChI=1S/C21H31N3O3/c1-13-12-24(19(26)27-20(3,4)5)14(2)11-23(13)15-8-9-16-17(10-15)22-18(25)21(16,6)7/h8-10,13-14H,11-12H2,1-7H3,(H,22,25)/t13-,14+/m0/s1. The lowest BCUT2D eigenvalue weighted by molar-refractivity contribution is -0.119. The summed E-state index contributed by atoms with van der Waals surface area (Å²) in [7, 11) is 0. The minimum atomic E-state index is -0.498. The third kappa shape index (κ3) is 3.62. The number of fused-ring (bicyclic) bond motifs is 1. The first-order valence-corrected chi connectivity index (χ1v) is 9.62. The molecule has 0 bridgehead atoms. The minimum Gasteiger partial charge on any atom is -0.444 e. The van der Waals surface area contributed by atoms with Gasteiger partial charge in [-0.3, -0.25) is 4.79 Å². The monoisotopic (exact) mass is 373 g/mol. The van der Waals surface area contributed by atoms with Crippen LogP contribution in [0.15, 0.2) is 18.2 Å². The van der Waals surface area contributed by atoms with Crippen molar-refractivity contribution in [1.82, 2.24) is 4.90 Å². The number of amides is 2. The van der Waals surface area contributed by atoms with Gasteiger partial charge in [0.15, 0.2) is 0 Å². The Labute approximate surface area is 161 Å². The number of anilines is 2. The molecular weight excluding hydrogens is 342 g/mol. The predicted molar refractivity (Wildman–Crippen MR) is 107 cm³/mol. The van der Waals surface area contributed by atoms with Crippen molar-refractivity contribution in [1.29, 1.82) is 0 Å². The minimum absolute atomic E-state index is 0.0332. The van der Waals surface area contributed by atoms with Crippen LogP contribution in [0, 0.1) is 0 Å². The average Bonchev–Trinajstić information content (AvgIpc) is 2.76. The Bertz CT molecular complexity index is 766. The summed E-state index contributed by atoms with van der Waals surface area (Å²) in [4.78, 5) is 28.8. The fraction of sp³-hybridized carbons (Fsp3) is 0.619. The number of carbonyl (C=O) groups is 2. The van der Waals surface area contributed by atoms with Gasteiger partial charge in [-0.1, -0.05) is 6.07 Å². The molecule has 2 atom stereocenters. The van der Waals surface area contributed by atoms with Crippen molar-refractivity contribution in [3.05, 3.63) is 23.8 Å². The van der Waals surface area contributed by atoms with Gasteiger partial charge >= 0.3 is 6.09 Å². The third-order valence-corrected chi connectivity index (χ3v) is 5.44. The molecule has 0 saturated carbocycles. The van der Waals surface area contributed by atoms with Crippen molar-refractivity contribution < 1.29 is 14.3 Å². The maximum atomic E-state index is 12.5. The van der Waals surface area contributed by atoms with Crippen molar-refractivity contribution >= 4 is 23.4 Å². The molecule has 0 aromatic heterocycles. The number of nitrogens with one attached hydrogen (secondary N) is 1. The van der Waals surface area contributed by atoms with E-state index in [1.165, 1.54) is 0 Å². The highest BCUT2D eigenvalue weighted by Crippen LogP contribution is 2.40. The zero-order valence-electron chi connectivity index (χ0n) is 17.4. The molecule has 0 radical (unpaired) electrons. The van der Waals surface area contributed by atoms with E-state index in [1.54, 1.807) is 0 Å². The Morgan fingerprint density at radius 2 is 1.85 bits per heavy atom. The first kappa shape index (κ1) is 19.5. The average molecular weight is 373 g/mol. The van der Waals surface area contributed by atoms with Gasteiger partial charge in [-0.05, 0) is 66.2 Å². The Hall–Kier alpha value is -2.24. The number of benzene rings is 1. The van der Waals surface area contributed by atoms with Gasteiger partial charge in [-0.2, -0.15) is 0 Å². The summed E-state index contributed by atoms with van der Waals surface area (Å²) in [6.07, 6.45) is -0.260. The molecule has 1 saturated heterocycles. The first-order valence-electron chi connectivity index (χ1n) is 9.62. The number of hydrogen-bond acceptors (Lipinski definition) is 4. The summed E-state index contributed by atoms with van der Waals surface area (Å²) in [6.45, 7) is 15.0. The van der Waals surface area contributed by atoms with Gasteiger partial charge in [-0.15, -0.1) is 0 Å². The van der Waals surface area contributed by atoms with Gasteiger partial charge in [0.25, 0.3) is 0 Å². The van der Waals surface area contributed by atoms with Crippen LogP contribution < -0.4 is 10.2 Å². The lowest BCUT2D eigenvalue weighted by atomic mass is 9.86. The van der Waals surface area contributed by atoms with Gasteiger partial charge in [0.05, 0.1) is 5.41 Å². The van der Waals surface area contributed by atoms with Crippen molar-refractivity contribution in [3.8, 4) is 0 Å². The first-order chi connectivity index (χ1) is 12.4. The normalized spacial score (nSPS) is 24.5. The van der Waals surface area contributed by atoms with E-state index in [0.29, 0.717) is 6.54 Å². The summed E-state index contributed by atoms with van der Waals surface area (Å²) in [5, 5.41) is 3.00. The lowest BCUT2D eigenvalue weighted by Crippen LogP contribution is -2.59. The summed E-state index contributed by atoms with van der Waals surface area (Å²) in [6, 6.07) is 6.36. The summed E-state index contributed by atoms with van der Waals surface area (Å²) >= 11 is 0. The van der Waals surface area contributed by atoms with Crippen LogP contribution in [0.2, 0.25) is 0 Å². The highest BCUT2D eigenvalue weighted by molar-refractivity contribution is 6.06. The number of ether oxygens (including phenoxy) is 1. The molecule has 2 heterocycles. The molecule has 3 rings (SSSR count). The van der Waals surface area contributed by atoms with Crippen LogP contribution in [0.3, 0.4) is 0 Å². The van der Waals surface area contributed by atoms with E-state index in [9.17, 15) is 9.59 Å². The lowest BCUT2D eigenvalue weighted by Gasteiger charge is -2.45. The number of rotatable bonds is 1. The van der Waals surface area contributed by atoms with Crippen LogP contribution in [0.5, 0.6) is 0 Å². The molecule has 2 aliphatic rings. The molecule has 2 aliphatic heterocycles. The Balaban J connectivity index is 1.78. The predicted octanol–water partition coefficient (Wildman–Crippen LogP) is 3.75. The van der Waals surface area contributed by atoms with E-state index in [4.69, 9.17) is 4.74 Å². The van der Waals surface area contributed by atoms with Crippen LogP contribution in [-0.4, -0.2) is 47.7 Å². The van der Waals surface area contributed by atoms with Gasteiger partial charge in [-0.25, -0.2) is 4.79 Å². The third-order valence-electron chi connectivity index (χ3n) is 5.44. The summed E-state index contributed by atoms with van der Waals surface area (Å²) < 4.78 is 5.55. The number of piperazine rings is 1. The molecule has 1 aromatic carbocycles. The molecule has 1 fully saturated rings. The van der Waals surface area contributed by atoms with Gasteiger partial charge < -0.3 is 19.9 Å². The Morgan fingerprint density at radius 3 is 2.48 bits per heavy atom. The highest BCUT2D eigenvalue weighted by Gasteiger charge is 2.39. The maximum Gasteiger partial charge on any atom is 0.410 e. The van der Waals surface area contributed by atoms with E-state index in [2.05, 4.69) is 23.2 Å². The smallest absolute Gasteiger partial charge is 0.410 e. The fourth-order valence-electron chi connectivity index (χ4n) is 3.82. The van der Waals surface area contributed by atoms with E-state index >= 15 is 0 Å². The van der Waals surface area contributed by atoms with Crippen LogP contribution >= 0.6 is 0 Å². The number of nitrogens with zero attached hydrogens (tertiary/aromatic N) is 2. The zero-order chi connectivity index (χ0) is 20.1. The van der Waals surface area contributed by atoms with Crippen LogP contribution in [0.25, 0.3) is 0 Å². The molecule has 1 aromatic rings. The van der Waals surface area contributed by atoms with Gasteiger partial charge in [0.1, 0.15) is 5.60 Å². The second-order valence-electron chi connectivity index (χ2n) is 9.29. The van der Waals surface area contributed by atoms with Crippen molar-refractivity contribution in [2.24, 2.45) is 0 Å². The molecule has 0 spiro atoms. The largest absolute Gasteiger partial charge is 0.444 e. The SMILES string of the molecule is C[C@@H]1CN(c2ccc3c(c2)NC(=O)C3(C)C)[C@@H](C)CN1C(=O)OC(C)(C)C. The summed E-state index contributed by atoms with van der Waals surface area (Å²) in [5.74, 6) is 0.0332. The molecule has 148 valence electrons. The van der Waals surface area contributed by atoms with Crippen molar-refractivity contribution in [3.63, 3.8) is 0 Å². The van der Waals surface area contributed by atoms with E-state index < -0.39 is 11.0 Å². The summed E-state index contributed by atoms with van der Waals surface area (Å²) in [5.41, 5.74) is 1.99. The zero-order valence-corrected chi connectivity index (χ0v) is 17.4. The van der Waals surface area contributed by atoms with Crippen molar-refractivity contribution in [2.75, 3.05) is 23.3 Å². The second-order valence-corrected chi connectivity index (χ2v) is 9.29. The molecule has 2 amide bonds. The molecule has 0 aliphatic carbocycles. The van der Waals surface area contributed by atoms with Gasteiger partial charge in [0, 0.05) is 36.5 Å². The quantitative estimate of drug-likeness (QED) is 0.814. The van der Waals surface area contributed by atoms with Gasteiger partial charge in [0.2, 0.25) is 5.91 Å². The molecule has 0 unspecified atom stereocenters. The second kappa shape index (κ2) is 6.43. The van der Waals surface area contributed by atoms with E-state index in [-0.39, 0.29) is 24.1 Å². The Morgan fingerprint density at radius 1 is 1.19 bits per heavy atom. The maximum absolute atomic E-state index is 12.5. The Kier molecular flexibility index (Phi) is 4.65. The molecular formula is C21H31N3O3. The molecule has 6 heteroatoms. The van der Waals surface area contributed by atoms with Crippen LogP contribution in [0.1, 0.15) is 54.0 Å². The van der Waals surface area contributed by atoms with E-state index in [0.717, 1.165) is 23.5 Å².